The number of carbonyl (C=O) groups is 3. The first-order chi connectivity index (χ1) is 16.3. The Morgan fingerprint density at radius 3 is 2.12 bits per heavy atom. The molecule has 0 saturated carbocycles. The maximum Gasteiger partial charge on any atom is 0.338 e. The molecule has 168 valence electrons. The Morgan fingerprint density at radius 2 is 1.47 bits per heavy atom. The molecule has 1 aliphatic rings. The number of amides is 2. The van der Waals surface area contributed by atoms with Crippen LogP contribution in [0.15, 0.2) is 75.9 Å². The van der Waals surface area contributed by atoms with Gasteiger partial charge in [0.25, 0.3) is 11.8 Å². The zero-order valence-corrected chi connectivity index (χ0v) is 18.5. The largest absolute Gasteiger partial charge is 0.457 e. The maximum atomic E-state index is 12.6. The van der Waals surface area contributed by atoms with Crippen LogP contribution in [0.5, 0.6) is 0 Å². The van der Waals surface area contributed by atoms with Crippen LogP contribution in [0.4, 0.5) is 5.69 Å². The van der Waals surface area contributed by atoms with E-state index in [1.807, 2.05) is 19.9 Å². The van der Waals surface area contributed by atoms with Gasteiger partial charge in [0.2, 0.25) is 0 Å². The summed E-state index contributed by atoms with van der Waals surface area (Å²) in [5.41, 5.74) is 3.78. The van der Waals surface area contributed by atoms with Crippen LogP contribution in [0.25, 0.3) is 11.0 Å². The second-order valence-corrected chi connectivity index (χ2v) is 8.14. The van der Waals surface area contributed by atoms with Crippen molar-refractivity contribution in [3.05, 3.63) is 111 Å². The van der Waals surface area contributed by atoms with Gasteiger partial charge in [-0.05, 0) is 73.5 Å². The van der Waals surface area contributed by atoms with E-state index < -0.39 is 23.4 Å². The van der Waals surface area contributed by atoms with E-state index in [1.165, 1.54) is 30.3 Å². The summed E-state index contributed by atoms with van der Waals surface area (Å²) >= 11 is 0. The Balaban J connectivity index is 1.34. The van der Waals surface area contributed by atoms with Crippen LogP contribution < -0.4 is 10.5 Å². The zero-order chi connectivity index (χ0) is 24.0. The molecule has 4 aromatic rings. The molecule has 0 N–H and O–H groups in total. The molecule has 0 atom stereocenters. The summed E-state index contributed by atoms with van der Waals surface area (Å²) in [6.45, 7) is 3.77. The van der Waals surface area contributed by atoms with E-state index >= 15 is 0 Å². The smallest absolute Gasteiger partial charge is 0.338 e. The predicted octanol–water partition coefficient (Wildman–Crippen LogP) is 4.57. The average molecular weight is 453 g/mol. The highest BCUT2D eigenvalue weighted by Crippen LogP contribution is 2.28. The molecule has 0 unspecified atom stereocenters. The molecule has 2 heterocycles. The average Bonchev–Trinajstić information content (AvgIpc) is 3.08. The number of aryl methyl sites for hydroxylation is 2. The number of anilines is 1. The van der Waals surface area contributed by atoms with Crippen LogP contribution in [-0.2, 0) is 11.3 Å². The van der Waals surface area contributed by atoms with Crippen molar-refractivity contribution >= 4 is 34.4 Å². The lowest BCUT2D eigenvalue weighted by Crippen LogP contribution is -2.29. The van der Waals surface area contributed by atoms with Crippen LogP contribution >= 0.6 is 0 Å². The number of benzene rings is 3. The van der Waals surface area contributed by atoms with Crippen molar-refractivity contribution in [2.75, 3.05) is 4.90 Å². The van der Waals surface area contributed by atoms with Crippen molar-refractivity contribution in [3.63, 3.8) is 0 Å². The van der Waals surface area contributed by atoms with Crippen molar-refractivity contribution in [1.29, 1.82) is 0 Å². The number of hydrogen-bond acceptors (Lipinski definition) is 6. The van der Waals surface area contributed by atoms with Gasteiger partial charge in [-0.15, -0.1) is 0 Å². The van der Waals surface area contributed by atoms with Gasteiger partial charge in [-0.25, -0.2) is 14.5 Å². The molecule has 0 fully saturated rings. The lowest BCUT2D eigenvalue weighted by atomic mass is 10.0. The molecule has 0 aliphatic carbocycles. The van der Waals surface area contributed by atoms with Gasteiger partial charge >= 0.3 is 11.6 Å². The van der Waals surface area contributed by atoms with Crippen LogP contribution in [0.1, 0.15) is 47.8 Å². The Kier molecular flexibility index (Phi) is 5.09. The van der Waals surface area contributed by atoms with Crippen molar-refractivity contribution < 1.29 is 23.5 Å². The molecule has 0 saturated heterocycles. The van der Waals surface area contributed by atoms with E-state index in [2.05, 4.69) is 0 Å². The van der Waals surface area contributed by atoms with E-state index in [4.69, 9.17) is 9.15 Å². The van der Waals surface area contributed by atoms with Gasteiger partial charge in [0.1, 0.15) is 12.2 Å². The fraction of sp³-hybridized carbons (Fsp3) is 0.111. The van der Waals surface area contributed by atoms with E-state index in [0.717, 1.165) is 16.0 Å². The quantitative estimate of drug-likeness (QED) is 0.255. The van der Waals surface area contributed by atoms with Crippen LogP contribution in [0, 0.1) is 13.8 Å². The summed E-state index contributed by atoms with van der Waals surface area (Å²) in [5.74, 6) is -1.41. The van der Waals surface area contributed by atoms with E-state index in [-0.39, 0.29) is 12.2 Å². The SMILES string of the molecule is Cc1cc2oc(=O)cc(COC(=O)c3ccc(N4C(=O)c5ccccc5C4=O)cc3)c2cc1C. The predicted molar refractivity (Wildman–Crippen MR) is 125 cm³/mol. The minimum atomic E-state index is -0.598. The van der Waals surface area contributed by atoms with Gasteiger partial charge in [-0.3, -0.25) is 9.59 Å². The zero-order valence-electron chi connectivity index (χ0n) is 18.5. The standard InChI is InChI=1S/C27H19NO6/c1-15-11-22-18(13-24(29)34-23(22)12-16(15)2)14-33-27(32)17-7-9-19(10-8-17)28-25(30)20-5-3-4-6-21(20)26(28)31/h3-13H,14H2,1-2H3. The van der Waals surface area contributed by atoms with Crippen LogP contribution in [-0.4, -0.2) is 17.8 Å². The van der Waals surface area contributed by atoms with Gasteiger partial charge in [-0.1, -0.05) is 12.1 Å². The minimum Gasteiger partial charge on any atom is -0.457 e. The summed E-state index contributed by atoms with van der Waals surface area (Å²) in [6, 6.07) is 17.7. The summed E-state index contributed by atoms with van der Waals surface area (Å²) in [7, 11) is 0. The molecule has 5 rings (SSSR count). The third-order valence-electron chi connectivity index (χ3n) is 5.96. The number of imide groups is 1. The molecule has 1 aromatic heterocycles. The number of fused-ring (bicyclic) bond motifs is 2. The van der Waals surface area contributed by atoms with Crippen molar-refractivity contribution in [2.45, 2.75) is 20.5 Å². The minimum absolute atomic E-state index is 0.108. The van der Waals surface area contributed by atoms with Crippen LogP contribution in [0.3, 0.4) is 0 Å². The number of carbonyl (C=O) groups excluding carboxylic acids is 3. The molecular weight excluding hydrogens is 434 g/mol. The molecule has 7 heteroatoms. The van der Waals surface area contributed by atoms with Gasteiger partial charge in [0, 0.05) is 17.0 Å². The second kappa shape index (κ2) is 8.12. The molecule has 2 amide bonds. The fourth-order valence-electron chi connectivity index (χ4n) is 4.00. The summed E-state index contributed by atoms with van der Waals surface area (Å²) in [5, 5.41) is 0.705. The Hall–Kier alpha value is -4.52. The molecule has 3 aromatic carbocycles. The Bertz CT molecular complexity index is 1510. The molecule has 0 spiro atoms. The molecule has 1 aliphatic heterocycles. The Labute approximate surface area is 194 Å². The highest BCUT2D eigenvalue weighted by atomic mass is 16.5. The first-order valence-electron chi connectivity index (χ1n) is 10.6. The van der Waals surface area contributed by atoms with E-state index in [0.29, 0.717) is 33.3 Å². The highest BCUT2D eigenvalue weighted by molar-refractivity contribution is 6.34. The van der Waals surface area contributed by atoms with Gasteiger partial charge in [-0.2, -0.15) is 0 Å². The third kappa shape index (κ3) is 3.57. The van der Waals surface area contributed by atoms with E-state index in [9.17, 15) is 19.2 Å². The van der Waals surface area contributed by atoms with Gasteiger partial charge < -0.3 is 9.15 Å². The highest BCUT2D eigenvalue weighted by Gasteiger charge is 2.36. The molecule has 7 nitrogen and oxygen atoms in total. The normalized spacial score (nSPS) is 12.8. The summed E-state index contributed by atoms with van der Waals surface area (Å²) < 4.78 is 10.7. The monoisotopic (exact) mass is 453 g/mol. The molecular formula is C27H19NO6. The number of hydrogen-bond donors (Lipinski definition) is 0. The van der Waals surface area contributed by atoms with E-state index in [1.54, 1.807) is 30.3 Å². The summed E-state index contributed by atoms with van der Waals surface area (Å²) in [6.07, 6.45) is 0. The lowest BCUT2D eigenvalue weighted by Gasteiger charge is -2.14. The first kappa shape index (κ1) is 21.3. The topological polar surface area (TPSA) is 93.9 Å². The molecule has 0 bridgehead atoms. The number of rotatable bonds is 4. The Morgan fingerprint density at radius 1 is 0.853 bits per heavy atom. The second-order valence-electron chi connectivity index (χ2n) is 8.14. The van der Waals surface area contributed by atoms with Crippen molar-refractivity contribution in [1.82, 2.24) is 0 Å². The number of esters is 1. The number of nitrogens with zero attached hydrogens (tertiary/aromatic N) is 1. The van der Waals surface area contributed by atoms with Crippen molar-refractivity contribution in [3.8, 4) is 0 Å². The third-order valence-corrected chi connectivity index (χ3v) is 5.96. The van der Waals surface area contributed by atoms with Gasteiger partial charge in [0.15, 0.2) is 0 Å². The number of ether oxygens (including phenoxy) is 1. The maximum absolute atomic E-state index is 12.6. The van der Waals surface area contributed by atoms with Gasteiger partial charge in [0.05, 0.1) is 22.4 Å². The molecule has 0 radical (unpaired) electrons. The van der Waals surface area contributed by atoms with Crippen molar-refractivity contribution in [2.24, 2.45) is 0 Å². The molecule has 34 heavy (non-hydrogen) atoms. The van der Waals surface area contributed by atoms with Crippen LogP contribution in [0.2, 0.25) is 0 Å². The fourth-order valence-corrected chi connectivity index (χ4v) is 4.00. The lowest BCUT2D eigenvalue weighted by molar-refractivity contribution is 0.0473. The summed E-state index contributed by atoms with van der Waals surface area (Å²) in [4.78, 5) is 50.9. The first-order valence-corrected chi connectivity index (χ1v) is 10.6.